The van der Waals surface area contributed by atoms with Crippen molar-refractivity contribution in [3.63, 3.8) is 0 Å². The van der Waals surface area contributed by atoms with Crippen LogP contribution >= 0.6 is 0 Å². The number of aliphatic carboxylic acids is 1. The molecule has 47 heavy (non-hydrogen) atoms. The lowest BCUT2D eigenvalue weighted by atomic mass is 10.1. The van der Waals surface area contributed by atoms with Crippen molar-refractivity contribution in [3.8, 4) is 0 Å². The quantitative estimate of drug-likeness (QED) is 0.0609. The van der Waals surface area contributed by atoms with E-state index in [4.69, 9.17) is 9.84 Å². The average molecular weight is 651 g/mol. The molecule has 0 saturated heterocycles. The third-order valence-corrected chi connectivity index (χ3v) is 6.49. The smallest absolute Gasteiger partial charge is 0.329 e. The van der Waals surface area contributed by atoms with Crippen LogP contribution in [0.15, 0.2) is 66.7 Å². The van der Waals surface area contributed by atoms with Crippen LogP contribution < -0.4 is 31.5 Å². The first-order valence-electron chi connectivity index (χ1n) is 14.4. The van der Waals surface area contributed by atoms with Gasteiger partial charge in [-0.1, -0.05) is 42.5 Å². The number of carboxylic acids is 1. The highest BCUT2D eigenvalue weighted by molar-refractivity contribution is 6.28. The predicted molar refractivity (Wildman–Crippen MR) is 164 cm³/mol. The molecule has 0 spiro atoms. The number of ether oxygens (including phenoxy) is 1. The SMILES string of the molecule is O=C(O)COCNC(=O)CNC(=O)[C@H](Cc1ccccc1)NC(=O)CNC(=O)CNC(=O)CCc1ccc(N2C(=O)C=CC2=O)cc1. The second kappa shape index (κ2) is 18.2. The number of anilines is 1. The monoisotopic (exact) mass is 650 g/mol. The number of carbonyl (C=O) groups is 8. The highest BCUT2D eigenvalue weighted by Crippen LogP contribution is 2.20. The summed E-state index contributed by atoms with van der Waals surface area (Å²) < 4.78 is 4.70. The van der Waals surface area contributed by atoms with Gasteiger partial charge in [-0.2, -0.15) is 0 Å². The van der Waals surface area contributed by atoms with Gasteiger partial charge in [-0.15, -0.1) is 0 Å². The highest BCUT2D eigenvalue weighted by atomic mass is 16.5. The number of aryl methyl sites for hydroxylation is 1. The summed E-state index contributed by atoms with van der Waals surface area (Å²) in [4.78, 5) is 96.9. The van der Waals surface area contributed by atoms with Crippen LogP contribution in [0.5, 0.6) is 0 Å². The van der Waals surface area contributed by atoms with Crippen molar-refractivity contribution in [1.29, 1.82) is 0 Å². The zero-order valence-corrected chi connectivity index (χ0v) is 25.2. The zero-order valence-electron chi connectivity index (χ0n) is 25.2. The summed E-state index contributed by atoms with van der Waals surface area (Å²) in [6, 6.07) is 14.2. The van der Waals surface area contributed by atoms with Crippen LogP contribution in [0.3, 0.4) is 0 Å². The number of nitrogens with one attached hydrogen (secondary N) is 5. The Hall–Kier alpha value is -5.90. The molecule has 0 aromatic heterocycles. The minimum Gasteiger partial charge on any atom is -0.480 e. The van der Waals surface area contributed by atoms with Crippen molar-refractivity contribution in [3.05, 3.63) is 77.9 Å². The minimum atomic E-state index is -1.21. The normalized spacial score (nSPS) is 12.6. The molecule has 248 valence electrons. The van der Waals surface area contributed by atoms with Crippen molar-refractivity contribution in [2.75, 3.05) is 37.9 Å². The van der Waals surface area contributed by atoms with E-state index in [0.717, 1.165) is 16.0 Å². The second-order valence-electron chi connectivity index (χ2n) is 10.1. The summed E-state index contributed by atoms with van der Waals surface area (Å²) in [7, 11) is 0. The Morgan fingerprint density at radius 1 is 0.702 bits per heavy atom. The van der Waals surface area contributed by atoms with Crippen LogP contribution in [0.2, 0.25) is 0 Å². The van der Waals surface area contributed by atoms with E-state index in [1.54, 1.807) is 54.6 Å². The van der Waals surface area contributed by atoms with Crippen molar-refractivity contribution in [2.45, 2.75) is 25.3 Å². The molecule has 0 radical (unpaired) electrons. The summed E-state index contributed by atoms with van der Waals surface area (Å²) in [6.45, 7) is -2.32. The van der Waals surface area contributed by atoms with Gasteiger partial charge in [-0.3, -0.25) is 33.6 Å². The van der Waals surface area contributed by atoms with Gasteiger partial charge in [0.1, 0.15) is 19.4 Å². The lowest BCUT2D eigenvalue weighted by Gasteiger charge is -2.19. The molecule has 3 rings (SSSR count). The zero-order chi connectivity index (χ0) is 34.2. The predicted octanol–water partition coefficient (Wildman–Crippen LogP) is -1.70. The third-order valence-electron chi connectivity index (χ3n) is 6.49. The van der Waals surface area contributed by atoms with E-state index >= 15 is 0 Å². The Morgan fingerprint density at radius 3 is 1.96 bits per heavy atom. The molecule has 1 aliphatic rings. The molecule has 1 heterocycles. The highest BCUT2D eigenvalue weighted by Gasteiger charge is 2.25. The van der Waals surface area contributed by atoms with E-state index in [1.165, 1.54) is 12.2 Å². The molecule has 6 N–H and O–H groups in total. The van der Waals surface area contributed by atoms with Gasteiger partial charge < -0.3 is 36.4 Å². The fraction of sp³-hybridized carbons (Fsp3) is 0.290. The van der Waals surface area contributed by atoms with E-state index in [0.29, 0.717) is 12.1 Å². The molecule has 1 aliphatic heterocycles. The number of carbonyl (C=O) groups excluding carboxylic acids is 7. The summed E-state index contributed by atoms with van der Waals surface area (Å²) >= 11 is 0. The number of nitrogens with zero attached hydrogens (tertiary/aromatic N) is 1. The van der Waals surface area contributed by atoms with Crippen LogP contribution in [-0.4, -0.2) is 91.4 Å². The fourth-order valence-corrected chi connectivity index (χ4v) is 4.16. The summed E-state index contributed by atoms with van der Waals surface area (Å²) in [5, 5.41) is 20.6. The maximum absolute atomic E-state index is 12.8. The van der Waals surface area contributed by atoms with Crippen molar-refractivity contribution >= 4 is 53.0 Å². The molecule has 2 aromatic rings. The molecule has 0 unspecified atom stereocenters. The van der Waals surface area contributed by atoms with Gasteiger partial charge in [0.05, 0.1) is 25.3 Å². The second-order valence-corrected chi connectivity index (χ2v) is 10.1. The number of imide groups is 1. The summed E-state index contributed by atoms with van der Waals surface area (Å²) in [5.41, 5.74) is 1.91. The molecule has 0 aliphatic carbocycles. The first-order valence-corrected chi connectivity index (χ1v) is 14.4. The number of rotatable bonds is 18. The average Bonchev–Trinajstić information content (AvgIpc) is 3.40. The molecule has 16 heteroatoms. The van der Waals surface area contributed by atoms with E-state index in [2.05, 4.69) is 26.6 Å². The van der Waals surface area contributed by atoms with E-state index in [9.17, 15) is 38.4 Å². The summed E-state index contributed by atoms with van der Waals surface area (Å²) in [6.07, 6.45) is 2.84. The number of hydrogen-bond donors (Lipinski definition) is 6. The van der Waals surface area contributed by atoms with Gasteiger partial charge in [0.2, 0.25) is 29.5 Å². The number of carboxylic acid groups (broad SMARTS) is 1. The maximum atomic E-state index is 12.8. The molecular weight excluding hydrogens is 616 g/mol. The molecule has 2 aromatic carbocycles. The van der Waals surface area contributed by atoms with E-state index in [1.807, 2.05) is 0 Å². The van der Waals surface area contributed by atoms with Crippen LogP contribution in [-0.2, 0) is 55.9 Å². The van der Waals surface area contributed by atoms with Crippen molar-refractivity contribution in [2.24, 2.45) is 0 Å². The number of hydrogen-bond acceptors (Lipinski definition) is 9. The Labute approximate surface area is 268 Å². The van der Waals surface area contributed by atoms with Crippen LogP contribution in [0.4, 0.5) is 5.69 Å². The lowest BCUT2D eigenvalue weighted by molar-refractivity contribution is -0.143. The van der Waals surface area contributed by atoms with E-state index in [-0.39, 0.29) is 19.6 Å². The first-order chi connectivity index (χ1) is 22.5. The van der Waals surface area contributed by atoms with Gasteiger partial charge in [-0.05, 0) is 29.7 Å². The molecule has 7 amide bonds. The minimum absolute atomic E-state index is 0.0555. The Balaban J connectivity index is 1.39. The van der Waals surface area contributed by atoms with Gasteiger partial charge in [0.25, 0.3) is 11.8 Å². The van der Waals surface area contributed by atoms with Gasteiger partial charge in [-0.25, -0.2) is 9.69 Å². The molecule has 1 atom stereocenters. The van der Waals surface area contributed by atoms with Crippen LogP contribution in [0, 0.1) is 0 Å². The Bertz CT molecular complexity index is 1490. The largest absolute Gasteiger partial charge is 0.480 e. The lowest BCUT2D eigenvalue weighted by Crippen LogP contribution is -2.52. The maximum Gasteiger partial charge on any atom is 0.329 e. The Kier molecular flexibility index (Phi) is 13.7. The van der Waals surface area contributed by atoms with Crippen LogP contribution in [0.25, 0.3) is 0 Å². The number of amides is 7. The Morgan fingerprint density at radius 2 is 1.30 bits per heavy atom. The van der Waals surface area contributed by atoms with Gasteiger partial charge >= 0.3 is 5.97 Å². The van der Waals surface area contributed by atoms with Crippen LogP contribution in [0.1, 0.15) is 17.5 Å². The topological polar surface area (TPSA) is 229 Å². The number of benzene rings is 2. The molecule has 0 saturated carbocycles. The summed E-state index contributed by atoms with van der Waals surface area (Å²) in [5.74, 6) is -5.15. The third kappa shape index (κ3) is 12.6. The van der Waals surface area contributed by atoms with E-state index < -0.39 is 79.6 Å². The first kappa shape index (κ1) is 35.6. The molecule has 0 fully saturated rings. The van der Waals surface area contributed by atoms with Gasteiger partial charge in [0, 0.05) is 25.0 Å². The van der Waals surface area contributed by atoms with Crippen molar-refractivity contribution in [1.82, 2.24) is 26.6 Å². The standard InChI is InChI=1S/C31H34N6O10/c38-24(11-8-20-6-9-22(10-7-20)37-28(42)12-13-29(37)43)32-15-25(39)33-17-27(41)36-23(14-21-4-2-1-3-5-21)31(46)34-16-26(40)35-19-47-18-30(44)45/h1-7,9-10,12-13,23H,8,11,14-19H2,(H,32,38)(H,33,39)(H,34,46)(H,35,40)(H,36,41)(H,44,45)/t23-/m0/s1. The fourth-order valence-electron chi connectivity index (χ4n) is 4.16. The molecule has 16 nitrogen and oxygen atoms in total. The molecule has 0 bridgehead atoms. The molecular formula is C31H34N6O10. The van der Waals surface area contributed by atoms with Crippen molar-refractivity contribution < 1.29 is 48.2 Å². The van der Waals surface area contributed by atoms with Gasteiger partial charge in [0.15, 0.2) is 0 Å².